The molecule has 2 N–H and O–H groups in total. The zero-order valence-corrected chi connectivity index (χ0v) is 30.5. The van der Waals surface area contributed by atoms with Gasteiger partial charge in [0.15, 0.2) is 0 Å². The standard InChI is InChI=1S/C45H50N4O4/c1-30-11-22-42(44(51)46-30)49-29-41-40(45(49)52)20-15-35(47-41)10-6-5-7-31-23-24-48(28-31)25-26-53-37-17-12-33(13-18-37)43-38(32-8-3-2-4-9-32)19-14-34-27-36(50)16-21-39(34)43/h2-4,8-9,12-13,15-18,20-21,27,31,38,42-43,50H,1,5-7,10-11,14,19,22-26,28-29H2,(H,46,51)/t31?,38-,42?,43+/m1/s1. The number of aromatic nitrogens is 1. The summed E-state index contributed by atoms with van der Waals surface area (Å²) >= 11 is 0. The Balaban J connectivity index is 0.776. The Morgan fingerprint density at radius 3 is 2.58 bits per heavy atom. The van der Waals surface area contributed by atoms with Crippen molar-refractivity contribution < 1.29 is 19.4 Å². The summed E-state index contributed by atoms with van der Waals surface area (Å²) in [5.74, 6) is 2.34. The number of benzene rings is 3. The number of rotatable bonds is 12. The third-order valence-corrected chi connectivity index (χ3v) is 11.9. The maximum Gasteiger partial charge on any atom is 0.256 e. The smallest absolute Gasteiger partial charge is 0.256 e. The van der Waals surface area contributed by atoms with Gasteiger partial charge in [-0.05, 0) is 128 Å². The molecule has 3 aliphatic heterocycles. The summed E-state index contributed by atoms with van der Waals surface area (Å²) in [6.07, 6.45) is 8.91. The number of carbonyl (C=O) groups is 2. The van der Waals surface area contributed by atoms with Crippen molar-refractivity contribution in [3.63, 3.8) is 0 Å². The lowest BCUT2D eigenvalue weighted by atomic mass is 9.69. The number of phenols is 1. The second-order valence-electron chi connectivity index (χ2n) is 15.4. The molecule has 274 valence electrons. The number of phenolic OH excluding ortho intramolecular Hbond substituents is 1. The number of carbonyl (C=O) groups excluding carboxylic acids is 2. The number of pyridine rings is 1. The van der Waals surface area contributed by atoms with E-state index in [1.807, 2.05) is 24.3 Å². The van der Waals surface area contributed by atoms with E-state index in [2.05, 4.69) is 77.5 Å². The SMILES string of the molecule is C=C1CCC(N2Cc3nc(CCCCC4CCN(CCOc5ccc([C@@H]6c7ccc(O)cc7CC[C@@H]6c6ccccc6)cc5)C4)ccc3C2=O)C(=O)N1. The highest BCUT2D eigenvalue weighted by Gasteiger charge is 2.39. The van der Waals surface area contributed by atoms with E-state index in [-0.39, 0.29) is 17.7 Å². The maximum atomic E-state index is 13.0. The van der Waals surface area contributed by atoms with Crippen molar-refractivity contribution >= 4 is 11.8 Å². The third kappa shape index (κ3) is 7.74. The first kappa shape index (κ1) is 35.1. The summed E-state index contributed by atoms with van der Waals surface area (Å²) in [7, 11) is 0. The van der Waals surface area contributed by atoms with Crippen LogP contribution in [0.1, 0.15) is 101 Å². The van der Waals surface area contributed by atoms with E-state index in [0.29, 0.717) is 49.1 Å². The highest BCUT2D eigenvalue weighted by atomic mass is 16.5. The summed E-state index contributed by atoms with van der Waals surface area (Å²) in [4.78, 5) is 34.6. The number of amides is 2. The van der Waals surface area contributed by atoms with Crippen molar-refractivity contribution in [1.29, 1.82) is 0 Å². The van der Waals surface area contributed by atoms with Crippen LogP contribution >= 0.6 is 0 Å². The Morgan fingerprint density at radius 2 is 1.75 bits per heavy atom. The first-order chi connectivity index (χ1) is 25.9. The Bertz CT molecular complexity index is 1960. The Kier molecular flexibility index (Phi) is 10.3. The van der Waals surface area contributed by atoms with Gasteiger partial charge in [0.1, 0.15) is 24.1 Å². The van der Waals surface area contributed by atoms with Gasteiger partial charge in [-0.15, -0.1) is 0 Å². The Morgan fingerprint density at radius 1 is 0.906 bits per heavy atom. The van der Waals surface area contributed by atoms with Crippen molar-refractivity contribution in [2.24, 2.45) is 5.92 Å². The molecule has 8 nitrogen and oxygen atoms in total. The van der Waals surface area contributed by atoms with Crippen LogP contribution < -0.4 is 10.1 Å². The fourth-order valence-corrected chi connectivity index (χ4v) is 9.13. The normalized spacial score (nSPS) is 22.8. The molecule has 0 spiro atoms. The summed E-state index contributed by atoms with van der Waals surface area (Å²) in [6.45, 7) is 8.10. The maximum absolute atomic E-state index is 13.0. The van der Waals surface area contributed by atoms with E-state index in [1.54, 1.807) is 4.90 Å². The zero-order chi connectivity index (χ0) is 36.3. The number of allylic oxidation sites excluding steroid dienone is 1. The average Bonchev–Trinajstić information content (AvgIpc) is 3.76. The van der Waals surface area contributed by atoms with Gasteiger partial charge in [0.2, 0.25) is 5.91 Å². The molecule has 2 saturated heterocycles. The average molecular weight is 711 g/mol. The largest absolute Gasteiger partial charge is 0.508 e. The minimum absolute atomic E-state index is 0.0951. The number of ether oxygens (including phenoxy) is 1. The summed E-state index contributed by atoms with van der Waals surface area (Å²) < 4.78 is 6.25. The number of likely N-dealkylation sites (tertiary alicyclic amines) is 1. The van der Waals surface area contributed by atoms with Gasteiger partial charge in [-0.25, -0.2) is 0 Å². The lowest BCUT2D eigenvalue weighted by Gasteiger charge is -2.35. The van der Waals surface area contributed by atoms with Crippen molar-refractivity contribution in [3.05, 3.63) is 136 Å². The molecule has 1 aliphatic carbocycles. The first-order valence-corrected chi connectivity index (χ1v) is 19.5. The second kappa shape index (κ2) is 15.6. The molecule has 3 aromatic carbocycles. The first-order valence-electron chi connectivity index (χ1n) is 19.5. The summed E-state index contributed by atoms with van der Waals surface area (Å²) in [6, 6.07) is 28.8. The fraction of sp³-hybridized carbons (Fsp3) is 0.400. The molecule has 2 unspecified atom stereocenters. The van der Waals surface area contributed by atoms with Crippen LogP contribution in [0.15, 0.2) is 97.2 Å². The molecule has 53 heavy (non-hydrogen) atoms. The molecule has 0 saturated carbocycles. The van der Waals surface area contributed by atoms with Gasteiger partial charge in [-0.2, -0.15) is 0 Å². The van der Waals surface area contributed by atoms with E-state index >= 15 is 0 Å². The van der Waals surface area contributed by atoms with Crippen molar-refractivity contribution in [1.82, 2.24) is 20.1 Å². The van der Waals surface area contributed by atoms with Crippen LogP contribution in [0.3, 0.4) is 0 Å². The number of unbranched alkanes of at least 4 members (excludes halogenated alkanes) is 1. The van der Waals surface area contributed by atoms with Crippen molar-refractivity contribution in [3.8, 4) is 11.5 Å². The van der Waals surface area contributed by atoms with E-state index in [0.717, 1.165) is 74.6 Å². The molecule has 8 heteroatoms. The zero-order valence-electron chi connectivity index (χ0n) is 30.5. The quantitative estimate of drug-likeness (QED) is 0.148. The van der Waals surface area contributed by atoms with Crippen LogP contribution in [0, 0.1) is 5.92 Å². The van der Waals surface area contributed by atoms with E-state index < -0.39 is 6.04 Å². The van der Waals surface area contributed by atoms with Gasteiger partial charge < -0.3 is 20.1 Å². The Hall–Kier alpha value is -4.95. The lowest BCUT2D eigenvalue weighted by Crippen LogP contribution is -2.49. The number of hydrogen-bond donors (Lipinski definition) is 2. The van der Waals surface area contributed by atoms with Crippen LogP contribution in [0.5, 0.6) is 11.5 Å². The number of fused-ring (bicyclic) bond motifs is 2. The van der Waals surface area contributed by atoms with Crippen molar-refractivity contribution in [2.45, 2.75) is 82.2 Å². The number of nitrogens with one attached hydrogen (secondary N) is 1. The molecule has 0 bridgehead atoms. The molecule has 4 heterocycles. The predicted molar refractivity (Wildman–Crippen MR) is 206 cm³/mol. The van der Waals surface area contributed by atoms with E-state index in [9.17, 15) is 14.7 Å². The van der Waals surface area contributed by atoms with Gasteiger partial charge in [0.25, 0.3) is 5.91 Å². The topological polar surface area (TPSA) is 95.0 Å². The summed E-state index contributed by atoms with van der Waals surface area (Å²) in [5, 5.41) is 13.0. The van der Waals surface area contributed by atoms with Gasteiger partial charge in [0, 0.05) is 30.4 Å². The molecule has 4 aromatic rings. The lowest BCUT2D eigenvalue weighted by molar-refractivity contribution is -0.126. The number of piperidine rings is 1. The van der Waals surface area contributed by atoms with E-state index in [1.165, 1.54) is 35.1 Å². The molecule has 4 atom stereocenters. The minimum Gasteiger partial charge on any atom is -0.508 e. The number of nitrogens with zero attached hydrogens (tertiary/aromatic N) is 3. The highest BCUT2D eigenvalue weighted by molar-refractivity contribution is 6.01. The van der Waals surface area contributed by atoms with Gasteiger partial charge >= 0.3 is 0 Å². The van der Waals surface area contributed by atoms with Gasteiger partial charge in [-0.3, -0.25) is 19.5 Å². The second-order valence-corrected chi connectivity index (χ2v) is 15.4. The highest BCUT2D eigenvalue weighted by Crippen LogP contribution is 2.47. The molecule has 2 amide bonds. The molecule has 8 rings (SSSR count). The number of hydrogen-bond acceptors (Lipinski definition) is 6. The van der Waals surface area contributed by atoms with E-state index in [4.69, 9.17) is 9.72 Å². The van der Waals surface area contributed by atoms with Gasteiger partial charge in [0.05, 0.1) is 17.8 Å². The van der Waals surface area contributed by atoms with Crippen LogP contribution in [0.2, 0.25) is 0 Å². The van der Waals surface area contributed by atoms with Crippen LogP contribution in [0.25, 0.3) is 0 Å². The molecule has 4 aliphatic rings. The minimum atomic E-state index is -0.452. The predicted octanol–water partition coefficient (Wildman–Crippen LogP) is 7.51. The number of aryl methyl sites for hydroxylation is 2. The monoisotopic (exact) mass is 710 g/mol. The van der Waals surface area contributed by atoms with Crippen LogP contribution in [-0.4, -0.2) is 64.0 Å². The van der Waals surface area contributed by atoms with Crippen LogP contribution in [-0.2, 0) is 24.2 Å². The van der Waals surface area contributed by atoms with Gasteiger partial charge in [-0.1, -0.05) is 61.5 Å². The Labute approximate surface area is 312 Å². The number of aromatic hydroxyl groups is 1. The molecule has 2 fully saturated rings. The summed E-state index contributed by atoms with van der Waals surface area (Å²) in [5.41, 5.74) is 8.37. The fourth-order valence-electron chi connectivity index (χ4n) is 9.13. The third-order valence-electron chi connectivity index (χ3n) is 11.9. The molecule has 1 aromatic heterocycles. The van der Waals surface area contributed by atoms with Crippen molar-refractivity contribution in [2.75, 3.05) is 26.2 Å². The molecule has 0 radical (unpaired) electrons. The molecular formula is C45H50N4O4. The van der Waals surface area contributed by atoms with Crippen LogP contribution in [0.4, 0.5) is 0 Å². The molecular weight excluding hydrogens is 661 g/mol.